The van der Waals surface area contributed by atoms with Gasteiger partial charge >= 0.3 is 30.3 Å². The van der Waals surface area contributed by atoms with Gasteiger partial charge in [0.15, 0.2) is 0 Å². The molecular weight excluding hydrogens is 576 g/mol. The van der Waals surface area contributed by atoms with Gasteiger partial charge < -0.3 is 25.0 Å². The monoisotopic (exact) mass is 609 g/mol. The molecule has 16 heteroatoms. The predicted molar refractivity (Wildman–Crippen MR) is 138 cm³/mol. The number of carboxylic acid groups (broad SMARTS) is 2. The number of carbonyl (C=O) groups excluding carboxylic acids is 1. The van der Waals surface area contributed by atoms with E-state index in [1.807, 2.05) is 24.9 Å². The molecule has 0 unspecified atom stereocenters. The summed E-state index contributed by atoms with van der Waals surface area (Å²) in [4.78, 5) is 39.7. The van der Waals surface area contributed by atoms with Crippen LogP contribution < -0.4 is 5.32 Å². The number of carbonyl (C=O) groups is 3. The van der Waals surface area contributed by atoms with Crippen molar-refractivity contribution in [3.63, 3.8) is 0 Å². The van der Waals surface area contributed by atoms with Gasteiger partial charge in [-0.2, -0.15) is 26.3 Å². The lowest BCUT2D eigenvalue weighted by molar-refractivity contribution is -0.193. The number of likely N-dealkylation sites (tertiary alicyclic amines) is 1. The Labute approximate surface area is 237 Å². The minimum atomic E-state index is -5.08. The van der Waals surface area contributed by atoms with Crippen LogP contribution in [0.5, 0.6) is 0 Å². The SMILES string of the molecule is CCN1CCn2c(-c3ccccc3)cnc2C12CCN(C(=O)NC(C)C)CC2.O=C(O)C(F)(F)F.O=C(O)C(F)(F)F. The van der Waals surface area contributed by atoms with Crippen molar-refractivity contribution in [1.82, 2.24) is 24.7 Å². The molecule has 2 aliphatic heterocycles. The third-order valence-electron chi connectivity index (χ3n) is 6.70. The summed E-state index contributed by atoms with van der Waals surface area (Å²) in [7, 11) is 0. The summed E-state index contributed by atoms with van der Waals surface area (Å²) in [5.41, 5.74) is 2.34. The Kier molecular flexibility index (Phi) is 11.4. The van der Waals surface area contributed by atoms with Crippen LogP contribution in [-0.2, 0) is 21.7 Å². The highest BCUT2D eigenvalue weighted by Gasteiger charge is 2.47. The van der Waals surface area contributed by atoms with Crippen LogP contribution >= 0.6 is 0 Å². The number of halogens is 6. The van der Waals surface area contributed by atoms with E-state index in [-0.39, 0.29) is 17.6 Å². The maximum atomic E-state index is 12.4. The molecule has 0 bridgehead atoms. The standard InChI is InChI=1S/C22H31N5O.2C2HF3O2/c1-4-26-14-15-27-19(18-8-6-5-7-9-18)16-23-20(27)22(26)10-12-25(13-11-22)21(28)24-17(2)3;2*3-2(4,5)1(6)7/h5-9,16-17H,4,10-15H2,1-3H3,(H,24,28);2*(H,6,7). The first kappa shape index (κ1) is 34.4. The first-order chi connectivity index (χ1) is 19.4. The van der Waals surface area contributed by atoms with Gasteiger partial charge in [-0.25, -0.2) is 19.4 Å². The molecule has 2 aromatic rings. The molecule has 1 saturated heterocycles. The quantitative estimate of drug-likeness (QED) is 0.436. The summed E-state index contributed by atoms with van der Waals surface area (Å²) < 4.78 is 65.9. The Bertz CT molecular complexity index is 1180. The van der Waals surface area contributed by atoms with Gasteiger partial charge in [-0.15, -0.1) is 0 Å². The highest BCUT2D eigenvalue weighted by molar-refractivity contribution is 5.74. The number of aromatic nitrogens is 2. The minimum Gasteiger partial charge on any atom is -0.475 e. The third kappa shape index (κ3) is 8.59. The van der Waals surface area contributed by atoms with Crippen molar-refractivity contribution in [1.29, 1.82) is 0 Å². The van der Waals surface area contributed by atoms with Crippen molar-refractivity contribution < 1.29 is 50.9 Å². The first-order valence-electron chi connectivity index (χ1n) is 13.0. The van der Waals surface area contributed by atoms with E-state index in [2.05, 4.69) is 52.0 Å². The average molecular weight is 610 g/mol. The van der Waals surface area contributed by atoms with E-state index in [0.717, 1.165) is 45.6 Å². The molecule has 0 aliphatic carbocycles. The fourth-order valence-corrected chi connectivity index (χ4v) is 4.81. The van der Waals surface area contributed by atoms with Gasteiger partial charge in [0.25, 0.3) is 0 Å². The number of amides is 2. The molecule has 3 heterocycles. The number of aliphatic carboxylic acids is 2. The number of alkyl halides is 6. The van der Waals surface area contributed by atoms with Crippen LogP contribution in [0.3, 0.4) is 0 Å². The Balaban J connectivity index is 0.000000367. The molecule has 0 radical (unpaired) electrons. The molecule has 2 amide bonds. The van der Waals surface area contributed by atoms with Crippen molar-refractivity contribution in [3.05, 3.63) is 42.4 Å². The van der Waals surface area contributed by atoms with Crippen LogP contribution in [0.4, 0.5) is 31.1 Å². The number of carboxylic acids is 2. The summed E-state index contributed by atoms with van der Waals surface area (Å²) in [6.07, 6.45) is -6.28. The van der Waals surface area contributed by atoms with Gasteiger partial charge in [0.1, 0.15) is 5.82 Å². The van der Waals surface area contributed by atoms with Crippen LogP contribution in [-0.4, -0.2) is 92.1 Å². The number of urea groups is 1. The lowest BCUT2D eigenvalue weighted by Gasteiger charge is -2.50. The summed E-state index contributed by atoms with van der Waals surface area (Å²) in [5.74, 6) is -4.34. The van der Waals surface area contributed by atoms with Gasteiger partial charge in [0, 0.05) is 32.2 Å². The molecule has 1 aromatic heterocycles. The highest BCUT2D eigenvalue weighted by atomic mass is 19.4. The Morgan fingerprint density at radius 2 is 1.43 bits per heavy atom. The maximum absolute atomic E-state index is 12.4. The second kappa shape index (κ2) is 13.9. The highest BCUT2D eigenvalue weighted by Crippen LogP contribution is 2.42. The predicted octanol–water partition coefficient (Wildman–Crippen LogP) is 4.56. The number of nitrogens with zero attached hydrogens (tertiary/aromatic N) is 4. The van der Waals surface area contributed by atoms with Gasteiger partial charge in [-0.05, 0) is 38.8 Å². The van der Waals surface area contributed by atoms with E-state index >= 15 is 0 Å². The summed E-state index contributed by atoms with van der Waals surface area (Å²) >= 11 is 0. The van der Waals surface area contributed by atoms with E-state index in [9.17, 15) is 31.1 Å². The molecule has 42 heavy (non-hydrogen) atoms. The largest absolute Gasteiger partial charge is 0.490 e. The van der Waals surface area contributed by atoms with E-state index < -0.39 is 24.3 Å². The molecule has 4 rings (SSSR count). The second-order valence-corrected chi connectivity index (χ2v) is 9.79. The van der Waals surface area contributed by atoms with Crippen molar-refractivity contribution in [3.8, 4) is 11.3 Å². The summed E-state index contributed by atoms with van der Waals surface area (Å²) in [6, 6.07) is 10.7. The second-order valence-electron chi connectivity index (χ2n) is 9.79. The number of imidazole rings is 1. The zero-order valence-electron chi connectivity index (χ0n) is 23.2. The Morgan fingerprint density at radius 3 is 1.86 bits per heavy atom. The minimum absolute atomic E-state index is 0.0528. The normalized spacial score (nSPS) is 16.5. The molecule has 10 nitrogen and oxygen atoms in total. The van der Waals surface area contributed by atoms with Crippen molar-refractivity contribution in [2.45, 2.75) is 64.1 Å². The van der Waals surface area contributed by atoms with Crippen molar-refractivity contribution in [2.24, 2.45) is 0 Å². The van der Waals surface area contributed by atoms with Crippen LogP contribution in [0.1, 0.15) is 39.4 Å². The molecule has 0 atom stereocenters. The molecule has 0 saturated carbocycles. The van der Waals surface area contributed by atoms with E-state index in [1.54, 1.807) is 0 Å². The number of likely N-dealkylation sites (N-methyl/N-ethyl adjacent to an activating group) is 1. The van der Waals surface area contributed by atoms with Crippen LogP contribution in [0.2, 0.25) is 0 Å². The van der Waals surface area contributed by atoms with Gasteiger partial charge in [0.2, 0.25) is 0 Å². The van der Waals surface area contributed by atoms with E-state index in [4.69, 9.17) is 24.8 Å². The fourth-order valence-electron chi connectivity index (χ4n) is 4.81. The fraction of sp³-hybridized carbons (Fsp3) is 0.538. The number of fused-ring (bicyclic) bond motifs is 2. The lowest BCUT2D eigenvalue weighted by atomic mass is 9.83. The topological polar surface area (TPSA) is 128 Å². The Morgan fingerprint density at radius 1 is 0.929 bits per heavy atom. The lowest BCUT2D eigenvalue weighted by Crippen LogP contribution is -2.59. The zero-order valence-corrected chi connectivity index (χ0v) is 23.2. The van der Waals surface area contributed by atoms with E-state index in [0.29, 0.717) is 0 Å². The molecule has 3 N–H and O–H groups in total. The smallest absolute Gasteiger partial charge is 0.475 e. The first-order valence-corrected chi connectivity index (χ1v) is 13.0. The number of hydrogen-bond donors (Lipinski definition) is 3. The molecule has 1 aromatic carbocycles. The number of nitrogens with one attached hydrogen (secondary N) is 1. The van der Waals surface area contributed by atoms with Gasteiger partial charge in [0.05, 0.1) is 17.4 Å². The van der Waals surface area contributed by atoms with Crippen LogP contribution in [0.15, 0.2) is 36.5 Å². The number of hydrogen-bond acceptors (Lipinski definition) is 5. The molecular formula is C26H33F6N5O5. The maximum Gasteiger partial charge on any atom is 0.490 e. The number of benzene rings is 1. The molecule has 1 spiro atoms. The van der Waals surface area contributed by atoms with Crippen molar-refractivity contribution in [2.75, 3.05) is 26.2 Å². The van der Waals surface area contributed by atoms with Crippen LogP contribution in [0.25, 0.3) is 11.3 Å². The summed E-state index contributed by atoms with van der Waals surface area (Å²) in [5, 5.41) is 17.3. The number of rotatable bonds is 3. The average Bonchev–Trinajstić information content (AvgIpc) is 3.34. The third-order valence-corrected chi connectivity index (χ3v) is 6.70. The van der Waals surface area contributed by atoms with Crippen LogP contribution in [0, 0.1) is 0 Å². The van der Waals surface area contributed by atoms with Gasteiger partial charge in [-0.1, -0.05) is 37.3 Å². The molecule has 1 fully saturated rings. The van der Waals surface area contributed by atoms with Crippen molar-refractivity contribution >= 4 is 18.0 Å². The van der Waals surface area contributed by atoms with E-state index in [1.165, 1.54) is 17.1 Å². The zero-order chi connectivity index (χ0) is 31.9. The number of piperidine rings is 1. The summed E-state index contributed by atoms with van der Waals surface area (Å²) in [6.45, 7) is 10.8. The molecule has 2 aliphatic rings. The molecule has 234 valence electrons. The van der Waals surface area contributed by atoms with Gasteiger partial charge in [-0.3, -0.25) is 4.90 Å². The Hall–Kier alpha value is -3.82.